The number of nitrogens with one attached hydrogen (secondary N) is 1. The first-order valence-electron chi connectivity index (χ1n) is 6.06. The normalized spacial score (nSPS) is 11.2. The lowest BCUT2D eigenvalue weighted by Gasteiger charge is -2.19. The van der Waals surface area contributed by atoms with Gasteiger partial charge >= 0.3 is 6.09 Å². The van der Waals surface area contributed by atoms with E-state index in [9.17, 15) is 4.79 Å². The highest BCUT2D eigenvalue weighted by Gasteiger charge is 2.16. The van der Waals surface area contributed by atoms with Crippen molar-refractivity contribution in [1.29, 1.82) is 0 Å². The van der Waals surface area contributed by atoms with Crippen LogP contribution >= 0.6 is 15.9 Å². The number of pyridine rings is 1. The van der Waals surface area contributed by atoms with Gasteiger partial charge < -0.3 is 9.15 Å². The van der Waals surface area contributed by atoms with Gasteiger partial charge in [0.15, 0.2) is 10.4 Å². The minimum absolute atomic E-state index is 0.407. The van der Waals surface area contributed by atoms with Crippen LogP contribution in [0.15, 0.2) is 39.4 Å². The van der Waals surface area contributed by atoms with Gasteiger partial charge in [-0.15, -0.1) is 0 Å². The van der Waals surface area contributed by atoms with Gasteiger partial charge in [-0.2, -0.15) is 0 Å². The number of hydrogen-bond donors (Lipinski definition) is 1. The molecule has 6 heteroatoms. The van der Waals surface area contributed by atoms with Gasteiger partial charge in [0.25, 0.3) is 0 Å². The molecule has 2 heterocycles. The van der Waals surface area contributed by atoms with Gasteiger partial charge in [0, 0.05) is 0 Å². The molecule has 0 spiro atoms. The van der Waals surface area contributed by atoms with Crippen molar-refractivity contribution in [1.82, 2.24) is 4.98 Å². The third-order valence-electron chi connectivity index (χ3n) is 2.20. The second kappa shape index (κ2) is 5.66. The van der Waals surface area contributed by atoms with E-state index in [0.29, 0.717) is 21.9 Å². The predicted octanol–water partition coefficient (Wildman–Crippen LogP) is 4.45. The molecule has 1 N–H and O–H groups in total. The van der Waals surface area contributed by atoms with Gasteiger partial charge in [0.05, 0.1) is 0 Å². The molecule has 106 valence electrons. The highest BCUT2D eigenvalue weighted by molar-refractivity contribution is 9.10. The summed E-state index contributed by atoms with van der Waals surface area (Å²) in [6.45, 7) is 5.41. The van der Waals surface area contributed by atoms with Gasteiger partial charge in [-0.1, -0.05) is 6.07 Å². The number of furan rings is 1. The van der Waals surface area contributed by atoms with Crippen molar-refractivity contribution in [2.75, 3.05) is 5.32 Å². The molecule has 0 aliphatic carbocycles. The minimum Gasteiger partial charge on any atom is -0.448 e. The average Bonchev–Trinajstić information content (AvgIpc) is 2.73. The van der Waals surface area contributed by atoms with E-state index < -0.39 is 11.7 Å². The summed E-state index contributed by atoms with van der Waals surface area (Å²) in [4.78, 5) is 16.0. The van der Waals surface area contributed by atoms with Crippen molar-refractivity contribution in [3.8, 4) is 11.5 Å². The van der Waals surface area contributed by atoms with Gasteiger partial charge in [-0.05, 0) is 61.0 Å². The number of amides is 1. The Balaban J connectivity index is 2.12. The van der Waals surface area contributed by atoms with Gasteiger partial charge in [-0.3, -0.25) is 5.32 Å². The number of rotatable bonds is 2. The van der Waals surface area contributed by atoms with Crippen LogP contribution in [-0.4, -0.2) is 16.7 Å². The first-order chi connectivity index (χ1) is 9.33. The van der Waals surface area contributed by atoms with Crippen molar-refractivity contribution in [3.05, 3.63) is 35.0 Å². The SMILES string of the molecule is CC(C)(C)OC(=O)Nc1cccc(-c2ccc(Br)o2)n1. The molecule has 0 saturated carbocycles. The van der Waals surface area contributed by atoms with E-state index in [4.69, 9.17) is 9.15 Å². The van der Waals surface area contributed by atoms with Crippen LogP contribution in [0.5, 0.6) is 0 Å². The zero-order valence-corrected chi connectivity index (χ0v) is 13.0. The van der Waals surface area contributed by atoms with Gasteiger partial charge in [0.2, 0.25) is 0 Å². The van der Waals surface area contributed by atoms with Crippen LogP contribution in [0.4, 0.5) is 10.6 Å². The second-order valence-corrected chi connectivity index (χ2v) is 5.92. The Morgan fingerprint density at radius 3 is 2.65 bits per heavy atom. The van der Waals surface area contributed by atoms with Gasteiger partial charge in [0.1, 0.15) is 17.1 Å². The molecule has 0 aromatic carbocycles. The summed E-state index contributed by atoms with van der Waals surface area (Å²) in [5, 5.41) is 2.59. The fourth-order valence-corrected chi connectivity index (χ4v) is 1.81. The number of hydrogen-bond acceptors (Lipinski definition) is 4. The van der Waals surface area contributed by atoms with Crippen molar-refractivity contribution >= 4 is 27.8 Å². The maximum atomic E-state index is 11.7. The van der Waals surface area contributed by atoms with Crippen LogP contribution in [0.25, 0.3) is 11.5 Å². The topological polar surface area (TPSA) is 64.4 Å². The Bertz CT molecular complexity index is 617. The van der Waals surface area contributed by atoms with Crippen molar-refractivity contribution in [2.45, 2.75) is 26.4 Å². The number of anilines is 1. The number of carbonyl (C=O) groups excluding carboxylic acids is 1. The van der Waals surface area contributed by atoms with Crippen LogP contribution in [0.1, 0.15) is 20.8 Å². The van der Waals surface area contributed by atoms with Crippen molar-refractivity contribution < 1.29 is 13.9 Å². The lowest BCUT2D eigenvalue weighted by atomic mass is 10.2. The molecule has 2 aromatic heterocycles. The molecule has 5 nitrogen and oxygen atoms in total. The maximum Gasteiger partial charge on any atom is 0.413 e. The van der Waals surface area contributed by atoms with E-state index in [1.54, 1.807) is 51.1 Å². The maximum absolute atomic E-state index is 11.7. The largest absolute Gasteiger partial charge is 0.448 e. The fraction of sp³-hybridized carbons (Fsp3) is 0.286. The Hall–Kier alpha value is -1.82. The van der Waals surface area contributed by atoms with Crippen LogP contribution in [0.3, 0.4) is 0 Å². The first kappa shape index (κ1) is 14.6. The molecule has 0 fully saturated rings. The predicted molar refractivity (Wildman–Crippen MR) is 79.5 cm³/mol. The van der Waals surface area contributed by atoms with Crippen LogP contribution < -0.4 is 5.32 Å². The summed E-state index contributed by atoms with van der Waals surface area (Å²) in [6, 6.07) is 8.84. The highest BCUT2D eigenvalue weighted by atomic mass is 79.9. The van der Waals surface area contributed by atoms with Crippen LogP contribution in [0.2, 0.25) is 0 Å². The molecule has 0 radical (unpaired) electrons. The molecule has 0 bridgehead atoms. The third kappa shape index (κ3) is 4.09. The summed E-state index contributed by atoms with van der Waals surface area (Å²) in [5.41, 5.74) is 0.0809. The molecule has 0 aliphatic rings. The molecule has 1 amide bonds. The molecular weight excluding hydrogens is 324 g/mol. The number of ether oxygens (including phenoxy) is 1. The quantitative estimate of drug-likeness (QED) is 0.878. The second-order valence-electron chi connectivity index (χ2n) is 5.14. The smallest absolute Gasteiger partial charge is 0.413 e. The average molecular weight is 339 g/mol. The van der Waals surface area contributed by atoms with E-state index >= 15 is 0 Å². The summed E-state index contributed by atoms with van der Waals surface area (Å²) in [5.74, 6) is 1.02. The molecule has 0 saturated heterocycles. The minimum atomic E-state index is -0.548. The highest BCUT2D eigenvalue weighted by Crippen LogP contribution is 2.24. The third-order valence-corrected chi connectivity index (χ3v) is 2.63. The van der Waals surface area contributed by atoms with Gasteiger partial charge in [-0.25, -0.2) is 9.78 Å². The number of carbonyl (C=O) groups is 1. The van der Waals surface area contributed by atoms with E-state index in [1.165, 1.54) is 0 Å². The van der Waals surface area contributed by atoms with E-state index in [0.717, 1.165) is 0 Å². The summed E-state index contributed by atoms with van der Waals surface area (Å²) >= 11 is 3.24. The molecular formula is C14H15BrN2O3. The number of aromatic nitrogens is 1. The van der Waals surface area contributed by atoms with E-state index in [1.807, 2.05) is 0 Å². The Morgan fingerprint density at radius 1 is 1.30 bits per heavy atom. The monoisotopic (exact) mass is 338 g/mol. The van der Waals surface area contributed by atoms with E-state index in [2.05, 4.69) is 26.2 Å². The molecule has 0 unspecified atom stereocenters. The molecule has 0 aliphatic heterocycles. The summed E-state index contributed by atoms with van der Waals surface area (Å²) in [6.07, 6.45) is -0.539. The molecule has 20 heavy (non-hydrogen) atoms. The first-order valence-corrected chi connectivity index (χ1v) is 6.85. The lowest BCUT2D eigenvalue weighted by molar-refractivity contribution is 0.0635. The fourth-order valence-electron chi connectivity index (χ4n) is 1.50. The van der Waals surface area contributed by atoms with E-state index in [-0.39, 0.29) is 0 Å². The van der Waals surface area contributed by atoms with Crippen LogP contribution in [0, 0.1) is 0 Å². The van der Waals surface area contributed by atoms with Crippen LogP contribution in [-0.2, 0) is 4.74 Å². The Morgan fingerprint density at radius 2 is 2.05 bits per heavy atom. The Kier molecular flexibility index (Phi) is 4.13. The zero-order chi connectivity index (χ0) is 14.8. The standard InChI is InChI=1S/C14H15BrN2O3/c1-14(2,3)20-13(18)17-12-6-4-5-9(16-12)10-7-8-11(15)19-10/h4-8H,1-3H3,(H,16,17,18). The summed E-state index contributed by atoms with van der Waals surface area (Å²) < 4.78 is 11.2. The van der Waals surface area contributed by atoms with Crippen molar-refractivity contribution in [3.63, 3.8) is 0 Å². The number of halogens is 1. The molecule has 2 rings (SSSR count). The van der Waals surface area contributed by atoms with Crippen molar-refractivity contribution in [2.24, 2.45) is 0 Å². The Labute approximate surface area is 125 Å². The molecule has 2 aromatic rings. The zero-order valence-electron chi connectivity index (χ0n) is 11.4. The summed E-state index contributed by atoms with van der Waals surface area (Å²) in [7, 11) is 0. The lowest BCUT2D eigenvalue weighted by Crippen LogP contribution is -2.27. The molecule has 0 atom stereocenters. The number of nitrogens with zero attached hydrogens (tertiary/aromatic N) is 1.